The van der Waals surface area contributed by atoms with Crippen molar-refractivity contribution in [2.24, 2.45) is 0 Å². The number of fused-ring (bicyclic) bond motifs is 2. The SMILES string of the molecule is c1cc(-c2ccc3ncnc(Nc4ccc5scnc5c4)c3c2)[nH]n1. The van der Waals surface area contributed by atoms with Crippen LogP contribution in [0.4, 0.5) is 11.5 Å². The number of nitrogens with one attached hydrogen (secondary N) is 2. The topological polar surface area (TPSA) is 79.4 Å². The lowest BCUT2D eigenvalue weighted by atomic mass is 10.1. The lowest BCUT2D eigenvalue weighted by Gasteiger charge is -2.09. The molecule has 25 heavy (non-hydrogen) atoms. The maximum absolute atomic E-state index is 4.43. The molecule has 0 aliphatic rings. The van der Waals surface area contributed by atoms with Gasteiger partial charge in [0, 0.05) is 22.8 Å². The average molecular weight is 344 g/mol. The summed E-state index contributed by atoms with van der Waals surface area (Å²) in [6.45, 7) is 0. The Morgan fingerprint density at radius 3 is 2.84 bits per heavy atom. The Bertz CT molecular complexity index is 1180. The molecule has 3 aromatic heterocycles. The summed E-state index contributed by atoms with van der Waals surface area (Å²) in [6.07, 6.45) is 3.31. The van der Waals surface area contributed by atoms with E-state index in [1.54, 1.807) is 23.9 Å². The Labute approximate surface area is 146 Å². The molecule has 0 saturated heterocycles. The van der Waals surface area contributed by atoms with Crippen LogP contribution in [-0.4, -0.2) is 25.1 Å². The van der Waals surface area contributed by atoms with Gasteiger partial charge in [0.25, 0.3) is 0 Å². The highest BCUT2D eigenvalue weighted by Gasteiger charge is 2.08. The number of thiazole rings is 1. The van der Waals surface area contributed by atoms with E-state index < -0.39 is 0 Å². The van der Waals surface area contributed by atoms with Crippen LogP contribution in [0, 0.1) is 0 Å². The minimum absolute atomic E-state index is 0.765. The molecule has 0 bridgehead atoms. The van der Waals surface area contributed by atoms with Crippen molar-refractivity contribution in [3.8, 4) is 11.3 Å². The molecule has 0 unspecified atom stereocenters. The van der Waals surface area contributed by atoms with E-state index in [4.69, 9.17) is 0 Å². The molecule has 120 valence electrons. The number of hydrogen-bond donors (Lipinski definition) is 2. The minimum Gasteiger partial charge on any atom is -0.340 e. The van der Waals surface area contributed by atoms with E-state index in [2.05, 4.69) is 42.6 Å². The van der Waals surface area contributed by atoms with Crippen LogP contribution < -0.4 is 5.32 Å². The summed E-state index contributed by atoms with van der Waals surface area (Å²) < 4.78 is 1.17. The van der Waals surface area contributed by atoms with Gasteiger partial charge in [-0.25, -0.2) is 15.0 Å². The van der Waals surface area contributed by atoms with E-state index in [0.717, 1.165) is 39.2 Å². The van der Waals surface area contributed by atoms with Crippen molar-refractivity contribution < 1.29 is 0 Å². The molecule has 6 nitrogen and oxygen atoms in total. The monoisotopic (exact) mass is 344 g/mol. The molecular formula is C18H12N6S. The van der Waals surface area contributed by atoms with Gasteiger partial charge >= 0.3 is 0 Å². The number of hydrogen-bond acceptors (Lipinski definition) is 6. The average Bonchev–Trinajstić information content (AvgIpc) is 3.33. The summed E-state index contributed by atoms with van der Waals surface area (Å²) in [5.41, 5.74) is 6.66. The van der Waals surface area contributed by atoms with Gasteiger partial charge in [-0.15, -0.1) is 11.3 Å². The van der Waals surface area contributed by atoms with Crippen molar-refractivity contribution in [3.05, 3.63) is 60.5 Å². The van der Waals surface area contributed by atoms with Gasteiger partial charge in [0.2, 0.25) is 0 Å². The van der Waals surface area contributed by atoms with Gasteiger partial charge < -0.3 is 5.32 Å². The number of benzene rings is 2. The fourth-order valence-corrected chi connectivity index (χ4v) is 3.47. The second-order valence-corrected chi connectivity index (χ2v) is 6.47. The Balaban J connectivity index is 1.60. The molecule has 5 rings (SSSR count). The van der Waals surface area contributed by atoms with Gasteiger partial charge in [0.05, 0.1) is 26.9 Å². The molecule has 0 aliphatic carbocycles. The van der Waals surface area contributed by atoms with E-state index in [-0.39, 0.29) is 0 Å². The summed E-state index contributed by atoms with van der Waals surface area (Å²) in [4.78, 5) is 13.2. The molecule has 2 N–H and O–H groups in total. The quantitative estimate of drug-likeness (QED) is 0.508. The number of nitrogens with zero attached hydrogens (tertiary/aromatic N) is 4. The maximum Gasteiger partial charge on any atom is 0.141 e. The smallest absolute Gasteiger partial charge is 0.141 e. The highest BCUT2D eigenvalue weighted by atomic mass is 32.1. The minimum atomic E-state index is 0.765. The highest BCUT2D eigenvalue weighted by molar-refractivity contribution is 7.16. The summed E-state index contributed by atoms with van der Waals surface area (Å²) in [7, 11) is 0. The summed E-state index contributed by atoms with van der Waals surface area (Å²) >= 11 is 1.63. The molecule has 0 radical (unpaired) electrons. The van der Waals surface area contributed by atoms with Gasteiger partial charge in [-0.2, -0.15) is 5.10 Å². The lowest BCUT2D eigenvalue weighted by Crippen LogP contribution is -1.96. The first kappa shape index (κ1) is 14.1. The van der Waals surface area contributed by atoms with Crippen LogP contribution in [-0.2, 0) is 0 Å². The van der Waals surface area contributed by atoms with E-state index in [1.165, 1.54) is 4.70 Å². The van der Waals surface area contributed by atoms with Crippen molar-refractivity contribution in [2.45, 2.75) is 0 Å². The van der Waals surface area contributed by atoms with Crippen LogP contribution in [0.15, 0.2) is 60.5 Å². The normalized spacial score (nSPS) is 11.2. The molecule has 5 aromatic rings. The van der Waals surface area contributed by atoms with Gasteiger partial charge in [-0.3, -0.25) is 5.10 Å². The zero-order valence-corrected chi connectivity index (χ0v) is 13.8. The van der Waals surface area contributed by atoms with E-state index in [1.807, 2.05) is 35.8 Å². The second-order valence-electron chi connectivity index (χ2n) is 5.58. The van der Waals surface area contributed by atoms with Crippen molar-refractivity contribution >= 4 is 44.0 Å². The Kier molecular flexibility index (Phi) is 3.17. The molecule has 3 heterocycles. The van der Waals surface area contributed by atoms with E-state index in [0.29, 0.717) is 0 Å². The summed E-state index contributed by atoms with van der Waals surface area (Å²) in [5.74, 6) is 0.765. The molecule has 0 spiro atoms. The standard InChI is InChI=1S/C18H12N6S/c1-3-15-13(7-11(1)14-5-6-22-24-14)18(20-9-19-15)23-12-2-4-17-16(8-12)21-10-25-17/h1-10H,(H,22,24)(H,19,20,23). The first-order chi connectivity index (χ1) is 12.4. The molecule has 0 atom stereocenters. The third-order valence-electron chi connectivity index (χ3n) is 4.04. The van der Waals surface area contributed by atoms with Crippen molar-refractivity contribution in [2.75, 3.05) is 5.32 Å². The molecule has 0 amide bonds. The number of aromatic nitrogens is 5. The number of rotatable bonds is 3. The van der Waals surface area contributed by atoms with E-state index >= 15 is 0 Å². The third kappa shape index (κ3) is 2.50. The predicted octanol–water partition coefficient (Wildman–Crippen LogP) is 4.37. The molecular weight excluding hydrogens is 332 g/mol. The van der Waals surface area contributed by atoms with Crippen LogP contribution in [0.5, 0.6) is 0 Å². The van der Waals surface area contributed by atoms with Crippen LogP contribution in [0.1, 0.15) is 0 Å². The fourth-order valence-electron chi connectivity index (χ4n) is 2.81. The summed E-state index contributed by atoms with van der Waals surface area (Å²) in [5, 5.41) is 11.3. The van der Waals surface area contributed by atoms with E-state index in [9.17, 15) is 0 Å². The van der Waals surface area contributed by atoms with Crippen LogP contribution >= 0.6 is 11.3 Å². The van der Waals surface area contributed by atoms with Crippen LogP contribution in [0.25, 0.3) is 32.4 Å². The molecule has 0 saturated carbocycles. The van der Waals surface area contributed by atoms with Crippen LogP contribution in [0.2, 0.25) is 0 Å². The zero-order valence-electron chi connectivity index (χ0n) is 13.0. The van der Waals surface area contributed by atoms with Gasteiger partial charge in [0.1, 0.15) is 12.1 Å². The van der Waals surface area contributed by atoms with Crippen LogP contribution in [0.3, 0.4) is 0 Å². The molecule has 0 fully saturated rings. The first-order valence-corrected chi connectivity index (χ1v) is 8.59. The van der Waals surface area contributed by atoms with Crippen molar-refractivity contribution in [1.29, 1.82) is 0 Å². The fraction of sp³-hybridized carbons (Fsp3) is 0. The van der Waals surface area contributed by atoms with Gasteiger partial charge in [-0.05, 0) is 36.4 Å². The Morgan fingerprint density at radius 1 is 0.920 bits per heavy atom. The molecule has 2 aromatic carbocycles. The van der Waals surface area contributed by atoms with Crippen molar-refractivity contribution in [1.82, 2.24) is 25.1 Å². The second kappa shape index (κ2) is 5.64. The largest absolute Gasteiger partial charge is 0.340 e. The van der Waals surface area contributed by atoms with Gasteiger partial charge in [-0.1, -0.05) is 6.07 Å². The molecule has 0 aliphatic heterocycles. The summed E-state index contributed by atoms with van der Waals surface area (Å²) in [6, 6.07) is 14.1. The number of aromatic amines is 1. The number of H-pyrrole nitrogens is 1. The van der Waals surface area contributed by atoms with Gasteiger partial charge in [0.15, 0.2) is 0 Å². The van der Waals surface area contributed by atoms with Crippen molar-refractivity contribution in [3.63, 3.8) is 0 Å². The first-order valence-electron chi connectivity index (χ1n) is 7.72. The Morgan fingerprint density at radius 2 is 1.92 bits per heavy atom. The predicted molar refractivity (Wildman–Crippen MR) is 100 cm³/mol. The maximum atomic E-state index is 4.43. The molecule has 7 heteroatoms. The highest BCUT2D eigenvalue weighted by Crippen LogP contribution is 2.29. The Hall–Kier alpha value is -3.32. The number of anilines is 2. The third-order valence-corrected chi connectivity index (χ3v) is 4.85. The zero-order chi connectivity index (χ0) is 16.6. The lowest BCUT2D eigenvalue weighted by molar-refractivity contribution is 1.10.